The first-order chi connectivity index (χ1) is 14.1. The zero-order chi connectivity index (χ0) is 22.1. The Labute approximate surface area is 183 Å². The minimum Gasteiger partial charge on any atom is -0.490 e. The third-order valence-corrected chi connectivity index (χ3v) is 6.47. The number of piperazine rings is 1. The number of nitrogens with zero attached hydrogens (tertiary/aromatic N) is 3. The molecular weight excluding hydrogens is 400 g/mol. The molecule has 30 heavy (non-hydrogen) atoms. The molecule has 3 heterocycles. The van der Waals surface area contributed by atoms with Gasteiger partial charge < -0.3 is 20.1 Å². The van der Waals surface area contributed by atoms with E-state index in [1.54, 1.807) is 0 Å². The van der Waals surface area contributed by atoms with Crippen molar-refractivity contribution in [2.75, 3.05) is 51.6 Å². The van der Waals surface area contributed by atoms with E-state index in [-0.39, 0.29) is 0 Å². The minimum atomic E-state index is -0.574. The third-order valence-electron chi connectivity index (χ3n) is 5.39. The van der Waals surface area contributed by atoms with Crippen molar-refractivity contribution >= 4 is 33.2 Å². The Balaban J connectivity index is 1.74. The molecular formula is C22H34N4O3S. The second-order valence-electron chi connectivity index (χ2n) is 8.80. The van der Waals surface area contributed by atoms with Gasteiger partial charge in [0.1, 0.15) is 27.7 Å². The standard InChI is InChI=1S/C22H34N4O3S/c1-7-25-8-10-26(11-9-25)12-13-28-18-14(2)16-17(23)19(21(27)29-22(4,5)6)30-20(16)24-15(18)3/h7-13,23H2,1-6H3. The predicted octanol–water partition coefficient (Wildman–Crippen LogP) is 3.47. The lowest BCUT2D eigenvalue weighted by molar-refractivity contribution is 0.00764. The minimum absolute atomic E-state index is 0.404. The van der Waals surface area contributed by atoms with E-state index in [1.165, 1.54) is 11.3 Å². The fraction of sp³-hybridized carbons (Fsp3) is 0.636. The van der Waals surface area contributed by atoms with Crippen LogP contribution >= 0.6 is 11.3 Å². The molecule has 1 saturated heterocycles. The molecule has 2 N–H and O–H groups in total. The van der Waals surface area contributed by atoms with Crippen LogP contribution in [0.15, 0.2) is 0 Å². The van der Waals surface area contributed by atoms with Crippen molar-refractivity contribution in [3.63, 3.8) is 0 Å². The first kappa shape index (κ1) is 22.8. The van der Waals surface area contributed by atoms with Crippen molar-refractivity contribution in [2.45, 2.75) is 47.1 Å². The molecule has 0 amide bonds. The summed E-state index contributed by atoms with van der Waals surface area (Å²) in [6, 6.07) is 0. The van der Waals surface area contributed by atoms with Crippen LogP contribution in [0.2, 0.25) is 0 Å². The maximum Gasteiger partial charge on any atom is 0.351 e. The average molecular weight is 435 g/mol. The molecule has 0 bridgehead atoms. The molecule has 2 aromatic rings. The number of likely N-dealkylation sites (N-methyl/N-ethyl adjacent to an activating group) is 1. The predicted molar refractivity (Wildman–Crippen MR) is 123 cm³/mol. The summed E-state index contributed by atoms with van der Waals surface area (Å²) in [5.74, 6) is 0.351. The van der Waals surface area contributed by atoms with E-state index in [0.29, 0.717) is 17.2 Å². The summed E-state index contributed by atoms with van der Waals surface area (Å²) in [5.41, 5.74) is 7.94. The van der Waals surface area contributed by atoms with Gasteiger partial charge in [-0.2, -0.15) is 0 Å². The highest BCUT2D eigenvalue weighted by Crippen LogP contribution is 2.40. The fourth-order valence-corrected chi connectivity index (χ4v) is 4.83. The zero-order valence-corrected chi connectivity index (χ0v) is 19.8. The highest BCUT2D eigenvalue weighted by Gasteiger charge is 2.26. The lowest BCUT2D eigenvalue weighted by Gasteiger charge is -2.33. The summed E-state index contributed by atoms with van der Waals surface area (Å²) < 4.78 is 11.7. The molecule has 7 nitrogen and oxygen atoms in total. The SMILES string of the molecule is CCN1CCN(CCOc2c(C)nc3sc(C(=O)OC(C)(C)C)c(N)c3c2C)CC1. The van der Waals surface area contributed by atoms with Gasteiger partial charge in [0.25, 0.3) is 0 Å². The van der Waals surface area contributed by atoms with E-state index in [2.05, 4.69) is 21.7 Å². The number of anilines is 1. The van der Waals surface area contributed by atoms with Gasteiger partial charge in [-0.05, 0) is 41.2 Å². The Morgan fingerprint density at radius 1 is 1.17 bits per heavy atom. The normalized spacial score (nSPS) is 16.2. The molecule has 8 heteroatoms. The molecule has 0 unspecified atom stereocenters. The number of aryl methyl sites for hydroxylation is 2. The van der Waals surface area contributed by atoms with Crippen LogP contribution < -0.4 is 10.5 Å². The number of pyridine rings is 1. The fourth-order valence-electron chi connectivity index (χ4n) is 3.76. The number of fused-ring (bicyclic) bond motifs is 1. The van der Waals surface area contributed by atoms with Crippen LogP contribution in [-0.2, 0) is 4.74 Å². The topological polar surface area (TPSA) is 80.9 Å². The quantitative estimate of drug-likeness (QED) is 0.697. The van der Waals surface area contributed by atoms with E-state index in [9.17, 15) is 4.79 Å². The summed E-state index contributed by atoms with van der Waals surface area (Å²) in [5, 5.41) is 0.790. The van der Waals surface area contributed by atoms with Gasteiger partial charge in [0.05, 0.1) is 11.4 Å². The number of hydrogen-bond acceptors (Lipinski definition) is 8. The van der Waals surface area contributed by atoms with Crippen LogP contribution in [0.4, 0.5) is 5.69 Å². The van der Waals surface area contributed by atoms with Crippen LogP contribution in [0.25, 0.3) is 10.2 Å². The Morgan fingerprint density at radius 2 is 1.80 bits per heavy atom. The number of nitrogens with two attached hydrogens (primary N) is 1. The number of ether oxygens (including phenoxy) is 2. The molecule has 1 aliphatic heterocycles. The highest BCUT2D eigenvalue weighted by molar-refractivity contribution is 7.21. The second-order valence-corrected chi connectivity index (χ2v) is 9.80. The van der Waals surface area contributed by atoms with Crippen LogP contribution in [0.1, 0.15) is 48.6 Å². The van der Waals surface area contributed by atoms with Crippen molar-refractivity contribution in [2.24, 2.45) is 0 Å². The second kappa shape index (κ2) is 9.08. The van der Waals surface area contributed by atoms with Gasteiger partial charge in [0.15, 0.2) is 0 Å². The van der Waals surface area contributed by atoms with E-state index in [0.717, 1.165) is 66.5 Å². The third kappa shape index (κ3) is 5.04. The summed E-state index contributed by atoms with van der Waals surface area (Å²) in [6.45, 7) is 18.6. The maximum atomic E-state index is 12.6. The summed E-state index contributed by atoms with van der Waals surface area (Å²) in [6.07, 6.45) is 0. The number of esters is 1. The molecule has 0 saturated carbocycles. The van der Waals surface area contributed by atoms with Gasteiger partial charge in [0.2, 0.25) is 0 Å². The maximum absolute atomic E-state index is 12.6. The van der Waals surface area contributed by atoms with Crippen LogP contribution in [0, 0.1) is 13.8 Å². The molecule has 3 rings (SSSR count). The molecule has 0 aromatic carbocycles. The van der Waals surface area contributed by atoms with Gasteiger partial charge in [-0.1, -0.05) is 6.92 Å². The molecule has 1 fully saturated rings. The highest BCUT2D eigenvalue weighted by atomic mass is 32.1. The molecule has 0 radical (unpaired) electrons. The Bertz CT molecular complexity index is 911. The van der Waals surface area contributed by atoms with Gasteiger partial charge in [-0.15, -0.1) is 11.3 Å². The summed E-state index contributed by atoms with van der Waals surface area (Å²) >= 11 is 1.28. The van der Waals surface area contributed by atoms with Crippen molar-refractivity contribution in [3.05, 3.63) is 16.1 Å². The first-order valence-corrected chi connectivity index (χ1v) is 11.4. The summed E-state index contributed by atoms with van der Waals surface area (Å²) in [4.78, 5) is 23.3. The van der Waals surface area contributed by atoms with Crippen molar-refractivity contribution in [1.82, 2.24) is 14.8 Å². The lowest BCUT2D eigenvalue weighted by atomic mass is 10.1. The molecule has 166 valence electrons. The van der Waals surface area contributed by atoms with Crippen LogP contribution in [-0.4, -0.2) is 72.2 Å². The lowest BCUT2D eigenvalue weighted by Crippen LogP contribution is -2.47. The van der Waals surface area contributed by atoms with Crippen LogP contribution in [0.5, 0.6) is 5.75 Å². The first-order valence-electron chi connectivity index (χ1n) is 10.6. The average Bonchev–Trinajstić information content (AvgIpc) is 3.00. The van der Waals surface area contributed by atoms with Gasteiger partial charge in [0, 0.05) is 43.7 Å². The number of carbonyl (C=O) groups is 1. The van der Waals surface area contributed by atoms with E-state index in [1.807, 2.05) is 34.6 Å². The Morgan fingerprint density at radius 3 is 2.40 bits per heavy atom. The van der Waals surface area contributed by atoms with Gasteiger partial charge in [-0.3, -0.25) is 4.90 Å². The molecule has 1 aliphatic rings. The Hall–Kier alpha value is -1.90. The van der Waals surface area contributed by atoms with E-state index in [4.69, 9.17) is 15.2 Å². The monoisotopic (exact) mass is 434 g/mol. The van der Waals surface area contributed by atoms with Crippen molar-refractivity contribution in [1.29, 1.82) is 0 Å². The number of rotatable bonds is 6. The molecule has 0 spiro atoms. The smallest absolute Gasteiger partial charge is 0.351 e. The largest absolute Gasteiger partial charge is 0.490 e. The molecule has 2 aromatic heterocycles. The van der Waals surface area contributed by atoms with E-state index < -0.39 is 11.6 Å². The number of carbonyl (C=O) groups excluding carboxylic acids is 1. The van der Waals surface area contributed by atoms with Crippen molar-refractivity contribution in [3.8, 4) is 5.75 Å². The van der Waals surface area contributed by atoms with Crippen molar-refractivity contribution < 1.29 is 14.3 Å². The number of nitrogen functional groups attached to an aromatic ring is 1. The van der Waals surface area contributed by atoms with Gasteiger partial charge >= 0.3 is 5.97 Å². The zero-order valence-electron chi connectivity index (χ0n) is 19.0. The Kier molecular flexibility index (Phi) is 6.89. The number of aromatic nitrogens is 1. The molecule has 0 atom stereocenters. The van der Waals surface area contributed by atoms with E-state index >= 15 is 0 Å². The number of thiophene rings is 1. The van der Waals surface area contributed by atoms with Gasteiger partial charge in [-0.25, -0.2) is 9.78 Å². The van der Waals surface area contributed by atoms with Crippen LogP contribution in [0.3, 0.4) is 0 Å². The summed E-state index contributed by atoms with van der Waals surface area (Å²) in [7, 11) is 0. The molecule has 0 aliphatic carbocycles. The number of hydrogen-bond donors (Lipinski definition) is 1.